The van der Waals surface area contributed by atoms with Crippen molar-refractivity contribution >= 4 is 17.3 Å². The zero-order valence-corrected chi connectivity index (χ0v) is 15.9. The lowest BCUT2D eigenvalue weighted by atomic mass is 10.1. The van der Waals surface area contributed by atoms with Crippen LogP contribution in [0.5, 0.6) is 0 Å². The molecule has 0 aliphatic carbocycles. The van der Waals surface area contributed by atoms with E-state index in [1.165, 1.54) is 11.3 Å². The predicted molar refractivity (Wildman–Crippen MR) is 109 cm³/mol. The number of nitrogens with zero attached hydrogens (tertiary/aromatic N) is 2. The third-order valence-corrected chi connectivity index (χ3v) is 5.15. The van der Waals surface area contributed by atoms with Crippen molar-refractivity contribution in [1.29, 1.82) is 0 Å². The number of anilines is 2. The van der Waals surface area contributed by atoms with Gasteiger partial charge in [-0.2, -0.15) is 0 Å². The fourth-order valence-electron chi connectivity index (χ4n) is 3.53. The molecule has 1 N–H and O–H groups in total. The van der Waals surface area contributed by atoms with Gasteiger partial charge in [0.1, 0.15) is 0 Å². The van der Waals surface area contributed by atoms with Crippen LogP contribution < -0.4 is 10.2 Å². The van der Waals surface area contributed by atoms with Crippen molar-refractivity contribution in [3.05, 3.63) is 59.7 Å². The fourth-order valence-corrected chi connectivity index (χ4v) is 3.53. The summed E-state index contributed by atoms with van der Waals surface area (Å²) >= 11 is 0. The predicted octanol–water partition coefficient (Wildman–Crippen LogP) is 3.71. The number of carbonyl (C=O) groups excluding carboxylic acids is 1. The van der Waals surface area contributed by atoms with Gasteiger partial charge in [0.2, 0.25) is 5.91 Å². The highest BCUT2D eigenvalue weighted by Crippen LogP contribution is 2.21. The molecule has 0 radical (unpaired) electrons. The quantitative estimate of drug-likeness (QED) is 0.862. The topological polar surface area (TPSA) is 35.6 Å². The standard InChI is InChI=1S/C22H29N3O/c1-3-19-9-7-8-18(2)22(19)23-21(26)12-13-24-14-16-25(17-15-24)20-10-5-4-6-11-20/h4-11H,3,12-17H2,1-2H3,(H,23,26). The summed E-state index contributed by atoms with van der Waals surface area (Å²) < 4.78 is 0. The summed E-state index contributed by atoms with van der Waals surface area (Å²) in [5.41, 5.74) is 4.62. The summed E-state index contributed by atoms with van der Waals surface area (Å²) in [6.45, 7) is 9.04. The Labute approximate surface area is 156 Å². The molecule has 0 bridgehead atoms. The van der Waals surface area contributed by atoms with Crippen LogP contribution in [0.4, 0.5) is 11.4 Å². The molecule has 26 heavy (non-hydrogen) atoms. The van der Waals surface area contributed by atoms with Gasteiger partial charge in [-0.25, -0.2) is 0 Å². The second-order valence-electron chi connectivity index (χ2n) is 6.93. The van der Waals surface area contributed by atoms with E-state index in [4.69, 9.17) is 0 Å². The summed E-state index contributed by atoms with van der Waals surface area (Å²) in [5.74, 6) is 0.111. The number of rotatable bonds is 6. The number of benzene rings is 2. The maximum absolute atomic E-state index is 12.4. The van der Waals surface area contributed by atoms with Gasteiger partial charge in [-0.15, -0.1) is 0 Å². The van der Waals surface area contributed by atoms with Crippen LogP contribution in [0.2, 0.25) is 0 Å². The van der Waals surface area contributed by atoms with E-state index in [0.29, 0.717) is 6.42 Å². The molecule has 0 aromatic heterocycles. The molecule has 0 unspecified atom stereocenters. The Bertz CT molecular complexity index is 721. The Morgan fingerprint density at radius 1 is 1.00 bits per heavy atom. The van der Waals surface area contributed by atoms with Gasteiger partial charge >= 0.3 is 0 Å². The molecule has 2 aromatic carbocycles. The summed E-state index contributed by atoms with van der Waals surface area (Å²) in [6, 6.07) is 16.7. The first-order valence-electron chi connectivity index (χ1n) is 9.58. The Balaban J connectivity index is 1.46. The molecular formula is C22H29N3O. The molecule has 0 spiro atoms. The van der Waals surface area contributed by atoms with E-state index in [1.54, 1.807) is 0 Å². The van der Waals surface area contributed by atoms with E-state index in [9.17, 15) is 4.79 Å². The Morgan fingerprint density at radius 2 is 1.73 bits per heavy atom. The molecule has 4 nitrogen and oxygen atoms in total. The van der Waals surface area contributed by atoms with Gasteiger partial charge in [-0.1, -0.05) is 43.3 Å². The number of para-hydroxylation sites is 2. The van der Waals surface area contributed by atoms with Crippen molar-refractivity contribution < 1.29 is 4.79 Å². The maximum Gasteiger partial charge on any atom is 0.225 e. The van der Waals surface area contributed by atoms with Crippen LogP contribution in [0.3, 0.4) is 0 Å². The highest BCUT2D eigenvalue weighted by Gasteiger charge is 2.18. The van der Waals surface area contributed by atoms with Crippen LogP contribution in [-0.2, 0) is 11.2 Å². The van der Waals surface area contributed by atoms with Gasteiger partial charge in [-0.3, -0.25) is 9.69 Å². The Hall–Kier alpha value is -2.33. The number of hydrogen-bond acceptors (Lipinski definition) is 3. The summed E-state index contributed by atoms with van der Waals surface area (Å²) in [6.07, 6.45) is 1.47. The van der Waals surface area contributed by atoms with Gasteiger partial charge < -0.3 is 10.2 Å². The van der Waals surface area contributed by atoms with Crippen molar-refractivity contribution in [2.24, 2.45) is 0 Å². The van der Waals surface area contributed by atoms with Crippen LogP contribution in [-0.4, -0.2) is 43.5 Å². The third-order valence-electron chi connectivity index (χ3n) is 5.15. The minimum Gasteiger partial charge on any atom is -0.369 e. The van der Waals surface area contributed by atoms with Gasteiger partial charge in [0, 0.05) is 50.5 Å². The van der Waals surface area contributed by atoms with Crippen LogP contribution >= 0.6 is 0 Å². The van der Waals surface area contributed by atoms with Crippen molar-refractivity contribution in [3.63, 3.8) is 0 Å². The summed E-state index contributed by atoms with van der Waals surface area (Å²) in [7, 11) is 0. The number of amides is 1. The van der Waals surface area contributed by atoms with Crippen molar-refractivity contribution in [2.75, 3.05) is 42.9 Å². The third kappa shape index (κ3) is 4.64. The van der Waals surface area contributed by atoms with E-state index in [-0.39, 0.29) is 5.91 Å². The molecule has 0 saturated carbocycles. The molecule has 1 aliphatic heterocycles. The molecule has 1 saturated heterocycles. The normalized spacial score (nSPS) is 15.1. The lowest BCUT2D eigenvalue weighted by Gasteiger charge is -2.36. The van der Waals surface area contributed by atoms with Crippen molar-refractivity contribution in [3.8, 4) is 0 Å². The molecule has 1 aliphatic rings. The van der Waals surface area contributed by atoms with Crippen LogP contribution in [0, 0.1) is 6.92 Å². The van der Waals surface area contributed by atoms with Gasteiger partial charge in [0.25, 0.3) is 0 Å². The molecule has 138 valence electrons. The van der Waals surface area contributed by atoms with E-state index in [0.717, 1.165) is 50.4 Å². The van der Waals surface area contributed by atoms with Crippen LogP contribution in [0.15, 0.2) is 48.5 Å². The number of carbonyl (C=O) groups is 1. The lowest BCUT2D eigenvalue weighted by Crippen LogP contribution is -2.47. The largest absolute Gasteiger partial charge is 0.369 e. The molecule has 2 aromatic rings. The lowest BCUT2D eigenvalue weighted by molar-refractivity contribution is -0.116. The van der Waals surface area contributed by atoms with Gasteiger partial charge in [0.05, 0.1) is 0 Å². The van der Waals surface area contributed by atoms with E-state index in [1.807, 2.05) is 0 Å². The van der Waals surface area contributed by atoms with Crippen molar-refractivity contribution in [1.82, 2.24) is 4.90 Å². The van der Waals surface area contributed by atoms with Gasteiger partial charge in [-0.05, 0) is 36.6 Å². The van der Waals surface area contributed by atoms with Gasteiger partial charge in [0.15, 0.2) is 0 Å². The first-order valence-corrected chi connectivity index (χ1v) is 9.58. The van der Waals surface area contributed by atoms with E-state index >= 15 is 0 Å². The molecule has 1 heterocycles. The first-order chi connectivity index (χ1) is 12.7. The summed E-state index contributed by atoms with van der Waals surface area (Å²) in [5, 5.41) is 3.13. The second kappa shape index (κ2) is 8.86. The van der Waals surface area contributed by atoms with E-state index < -0.39 is 0 Å². The minimum atomic E-state index is 0.111. The minimum absolute atomic E-state index is 0.111. The van der Waals surface area contributed by atoms with Crippen molar-refractivity contribution in [2.45, 2.75) is 26.7 Å². The molecular weight excluding hydrogens is 322 g/mol. The average molecular weight is 351 g/mol. The SMILES string of the molecule is CCc1cccc(C)c1NC(=O)CCN1CCN(c2ccccc2)CC1. The summed E-state index contributed by atoms with van der Waals surface area (Å²) in [4.78, 5) is 17.2. The smallest absolute Gasteiger partial charge is 0.225 e. The Kier molecular flexibility index (Phi) is 6.29. The van der Waals surface area contributed by atoms with E-state index in [2.05, 4.69) is 77.5 Å². The van der Waals surface area contributed by atoms with Crippen LogP contribution in [0.1, 0.15) is 24.5 Å². The molecule has 0 atom stereocenters. The average Bonchev–Trinajstić information content (AvgIpc) is 2.69. The zero-order chi connectivity index (χ0) is 18.4. The number of nitrogens with one attached hydrogen (secondary N) is 1. The Morgan fingerprint density at radius 3 is 2.42 bits per heavy atom. The highest BCUT2D eigenvalue weighted by atomic mass is 16.1. The fraction of sp³-hybridized carbons (Fsp3) is 0.409. The molecule has 1 amide bonds. The van der Waals surface area contributed by atoms with Crippen LogP contribution in [0.25, 0.3) is 0 Å². The molecule has 4 heteroatoms. The first kappa shape index (κ1) is 18.5. The molecule has 3 rings (SSSR count). The highest BCUT2D eigenvalue weighted by molar-refractivity contribution is 5.92. The monoisotopic (exact) mass is 351 g/mol. The molecule has 1 fully saturated rings. The zero-order valence-electron chi connectivity index (χ0n) is 15.9. The maximum atomic E-state index is 12.4. The number of piperazine rings is 1. The second-order valence-corrected chi connectivity index (χ2v) is 6.93. The number of aryl methyl sites for hydroxylation is 2. The number of hydrogen-bond donors (Lipinski definition) is 1.